The molecule has 188 valence electrons. The number of allylic oxidation sites excluding steroid dienone is 1. The number of hydrogen-bond acceptors (Lipinski definition) is 6. The van der Waals surface area contributed by atoms with Crippen LogP contribution < -0.4 is 4.90 Å². The van der Waals surface area contributed by atoms with E-state index in [0.717, 1.165) is 12.0 Å². The molecular weight excluding hydrogens is 470 g/mol. The van der Waals surface area contributed by atoms with E-state index in [-0.39, 0.29) is 29.9 Å². The second-order valence-electron chi connectivity index (χ2n) is 9.04. The molecule has 1 amide bonds. The molecular formula is C26H26F2N4O4. The Balaban J connectivity index is 1.57. The number of methoxy groups -OCH3 is 1. The van der Waals surface area contributed by atoms with E-state index in [1.54, 1.807) is 14.2 Å². The molecule has 2 aliphatic heterocycles. The number of aromatic nitrogens is 2. The van der Waals surface area contributed by atoms with Crippen molar-refractivity contribution in [2.45, 2.75) is 32.3 Å². The summed E-state index contributed by atoms with van der Waals surface area (Å²) in [6, 6.07) is 6.19. The maximum absolute atomic E-state index is 15.5. The third-order valence-electron chi connectivity index (χ3n) is 6.69. The summed E-state index contributed by atoms with van der Waals surface area (Å²) in [4.78, 5) is 31.0. The van der Waals surface area contributed by atoms with Crippen LogP contribution in [0.5, 0.6) is 0 Å². The average Bonchev–Trinajstić information content (AvgIpc) is 3.48. The summed E-state index contributed by atoms with van der Waals surface area (Å²) in [7, 11) is 1.32. The second kappa shape index (κ2) is 9.72. The summed E-state index contributed by atoms with van der Waals surface area (Å²) in [6.07, 6.45) is 2.47. The number of imidazole rings is 1. The van der Waals surface area contributed by atoms with Crippen LogP contribution in [-0.2, 0) is 20.7 Å². The normalized spacial score (nSPS) is 18.1. The smallest absolute Gasteiger partial charge is 0.409 e. The van der Waals surface area contributed by atoms with E-state index < -0.39 is 23.8 Å². The van der Waals surface area contributed by atoms with Crippen LogP contribution >= 0.6 is 0 Å². The summed E-state index contributed by atoms with van der Waals surface area (Å²) in [6.45, 7) is 3.42. The molecule has 0 saturated carbocycles. The van der Waals surface area contributed by atoms with E-state index in [1.807, 2.05) is 31.2 Å². The second-order valence-corrected chi connectivity index (χ2v) is 9.04. The fourth-order valence-corrected chi connectivity index (χ4v) is 4.95. The lowest BCUT2D eigenvalue weighted by molar-refractivity contribution is -0.0241. The van der Waals surface area contributed by atoms with E-state index in [4.69, 9.17) is 9.47 Å². The summed E-state index contributed by atoms with van der Waals surface area (Å²) < 4.78 is 43.6. The van der Waals surface area contributed by atoms with Gasteiger partial charge in [0.25, 0.3) is 0 Å². The zero-order chi connectivity index (χ0) is 25.4. The van der Waals surface area contributed by atoms with Gasteiger partial charge in [-0.05, 0) is 43.2 Å². The van der Waals surface area contributed by atoms with Gasteiger partial charge < -0.3 is 23.7 Å². The number of aryl methyl sites for hydroxylation is 1. The molecule has 5 rings (SSSR count). The van der Waals surface area contributed by atoms with Crippen LogP contribution in [0, 0.1) is 18.6 Å². The maximum atomic E-state index is 15.5. The van der Waals surface area contributed by atoms with Gasteiger partial charge in [-0.3, -0.25) is 0 Å². The van der Waals surface area contributed by atoms with Gasteiger partial charge in [0, 0.05) is 37.8 Å². The van der Waals surface area contributed by atoms with E-state index >= 15 is 8.78 Å². The fraction of sp³-hybridized carbons (Fsp3) is 0.385. The van der Waals surface area contributed by atoms with E-state index in [9.17, 15) is 9.59 Å². The highest BCUT2D eigenvalue weighted by Gasteiger charge is 2.30. The van der Waals surface area contributed by atoms with Crippen molar-refractivity contribution in [3.8, 4) is 11.3 Å². The van der Waals surface area contributed by atoms with E-state index in [1.165, 1.54) is 19.2 Å². The molecule has 0 aliphatic carbocycles. The molecule has 2 aliphatic rings. The number of benzene rings is 1. The lowest BCUT2D eigenvalue weighted by atomic mass is 10.0. The molecule has 0 radical (unpaired) electrons. The Morgan fingerprint density at radius 3 is 2.75 bits per heavy atom. The molecule has 2 aromatic heterocycles. The predicted octanol–water partition coefficient (Wildman–Crippen LogP) is 3.91. The first-order valence-electron chi connectivity index (χ1n) is 11.8. The van der Waals surface area contributed by atoms with Gasteiger partial charge in [-0.25, -0.2) is 23.4 Å². The van der Waals surface area contributed by atoms with Gasteiger partial charge in [0.05, 0.1) is 43.3 Å². The fourth-order valence-electron chi connectivity index (χ4n) is 4.95. The number of carbonyl (C=O) groups excluding carboxylic acids is 2. The van der Waals surface area contributed by atoms with Crippen LogP contribution in [0.4, 0.5) is 19.3 Å². The number of halogens is 2. The Morgan fingerprint density at radius 2 is 2.03 bits per heavy atom. The first kappa shape index (κ1) is 24.0. The molecule has 1 aromatic carbocycles. The van der Waals surface area contributed by atoms with E-state index in [0.29, 0.717) is 43.2 Å². The SMILES string of the molecule is COC(=O)N1CCO[C@@H](Cc2c(-c3c(F)cc(N4CCCC4=C=O)cc3F)nc3cc(C)ccn23)C1. The molecule has 0 unspecified atom stereocenters. The van der Waals surface area contributed by atoms with Crippen molar-refractivity contribution >= 4 is 23.4 Å². The van der Waals surface area contributed by atoms with Crippen molar-refractivity contribution in [1.82, 2.24) is 14.3 Å². The first-order valence-corrected chi connectivity index (χ1v) is 11.8. The monoisotopic (exact) mass is 496 g/mol. The number of anilines is 1. The van der Waals surface area contributed by atoms with Crippen LogP contribution in [0.25, 0.3) is 16.9 Å². The standard InChI is InChI=1S/C26H26F2N4O4/c1-16-5-7-32-22(13-19-14-30(8-9-36-19)26(34)35-2)25(29-23(32)10-16)24-20(27)11-18(12-21(24)28)31-6-3-4-17(31)15-33/h5,7,10-12,19H,3-4,6,8-9,13-14H2,1-2H3/t19-/m0/s1. The Hall–Kier alpha value is -3.75. The van der Waals surface area contributed by atoms with Crippen molar-refractivity contribution in [1.29, 1.82) is 0 Å². The number of ether oxygens (including phenoxy) is 2. The molecule has 8 nitrogen and oxygen atoms in total. The summed E-state index contributed by atoms with van der Waals surface area (Å²) in [5.74, 6) is 0.325. The highest BCUT2D eigenvalue weighted by molar-refractivity contribution is 5.73. The van der Waals surface area contributed by atoms with Gasteiger partial charge in [0.2, 0.25) is 0 Å². The molecule has 0 N–H and O–H groups in total. The number of carbonyl (C=O) groups is 1. The molecule has 0 spiro atoms. The van der Waals surface area contributed by atoms with Crippen molar-refractivity contribution in [2.24, 2.45) is 0 Å². The molecule has 3 aromatic rings. The van der Waals surface area contributed by atoms with Crippen molar-refractivity contribution in [3.05, 3.63) is 59.1 Å². The largest absolute Gasteiger partial charge is 0.453 e. The van der Waals surface area contributed by atoms with Crippen LogP contribution in [0.3, 0.4) is 0 Å². The Labute approximate surface area is 206 Å². The lowest BCUT2D eigenvalue weighted by Crippen LogP contribution is -2.46. The zero-order valence-corrected chi connectivity index (χ0v) is 20.1. The van der Waals surface area contributed by atoms with Gasteiger partial charge >= 0.3 is 6.09 Å². The summed E-state index contributed by atoms with van der Waals surface area (Å²) >= 11 is 0. The molecule has 0 bridgehead atoms. The minimum absolute atomic E-state index is 0.175. The number of fused-ring (bicyclic) bond motifs is 1. The first-order chi connectivity index (χ1) is 17.4. The number of rotatable bonds is 4. The number of amides is 1. The van der Waals surface area contributed by atoms with Gasteiger partial charge in [-0.15, -0.1) is 0 Å². The minimum atomic E-state index is -0.774. The highest BCUT2D eigenvalue weighted by Crippen LogP contribution is 2.36. The summed E-state index contributed by atoms with van der Waals surface area (Å²) in [5, 5.41) is 0. The summed E-state index contributed by atoms with van der Waals surface area (Å²) in [5.41, 5.74) is 2.66. The van der Waals surface area contributed by atoms with Crippen molar-refractivity contribution < 1.29 is 27.8 Å². The number of pyridine rings is 1. The molecule has 2 fully saturated rings. The zero-order valence-electron chi connectivity index (χ0n) is 20.1. The van der Waals surface area contributed by atoms with Crippen LogP contribution in [0.2, 0.25) is 0 Å². The molecule has 1 atom stereocenters. The quantitative estimate of drug-likeness (QED) is 0.510. The van der Waals surface area contributed by atoms with Crippen LogP contribution in [-0.4, -0.2) is 65.8 Å². The average molecular weight is 497 g/mol. The van der Waals surface area contributed by atoms with Gasteiger partial charge in [0.1, 0.15) is 28.9 Å². The van der Waals surface area contributed by atoms with Gasteiger partial charge in [0.15, 0.2) is 0 Å². The lowest BCUT2D eigenvalue weighted by Gasteiger charge is -2.32. The number of morpholine rings is 1. The molecule has 36 heavy (non-hydrogen) atoms. The van der Waals surface area contributed by atoms with E-state index in [2.05, 4.69) is 4.98 Å². The minimum Gasteiger partial charge on any atom is -0.453 e. The molecule has 4 heterocycles. The van der Waals surface area contributed by atoms with Crippen molar-refractivity contribution in [3.63, 3.8) is 0 Å². The third kappa shape index (κ3) is 4.34. The Kier molecular flexibility index (Phi) is 6.47. The van der Waals surface area contributed by atoms with Crippen LogP contribution in [0.1, 0.15) is 24.1 Å². The van der Waals surface area contributed by atoms with Gasteiger partial charge in [-0.1, -0.05) is 0 Å². The number of hydrogen-bond donors (Lipinski definition) is 0. The molecule has 2 saturated heterocycles. The Morgan fingerprint density at radius 1 is 1.25 bits per heavy atom. The number of nitrogens with zero attached hydrogens (tertiary/aromatic N) is 4. The third-order valence-corrected chi connectivity index (χ3v) is 6.69. The molecule has 10 heteroatoms. The van der Waals surface area contributed by atoms with Crippen LogP contribution in [0.15, 0.2) is 36.2 Å². The maximum Gasteiger partial charge on any atom is 0.409 e. The van der Waals surface area contributed by atoms with Gasteiger partial charge in [-0.2, -0.15) is 0 Å². The topological polar surface area (TPSA) is 76.4 Å². The van der Waals surface area contributed by atoms with Crippen molar-refractivity contribution in [2.75, 3.05) is 38.3 Å². The Bertz CT molecular complexity index is 1360. The predicted molar refractivity (Wildman–Crippen MR) is 128 cm³/mol. The highest BCUT2D eigenvalue weighted by atomic mass is 19.1.